The molecule has 7 heteroatoms. The quantitative estimate of drug-likeness (QED) is 0.432. The van der Waals surface area contributed by atoms with Crippen molar-refractivity contribution in [3.8, 4) is 6.07 Å². The lowest BCUT2D eigenvalue weighted by molar-refractivity contribution is 0.0945. The van der Waals surface area contributed by atoms with Crippen LogP contribution >= 0.6 is 0 Å². The number of allylic oxidation sites excluding steroid dienone is 2. The van der Waals surface area contributed by atoms with E-state index in [2.05, 4.69) is 27.9 Å². The van der Waals surface area contributed by atoms with Gasteiger partial charge >= 0.3 is 0 Å². The Morgan fingerprint density at radius 1 is 1.32 bits per heavy atom. The molecule has 0 radical (unpaired) electrons. The molecule has 4 rings (SSSR count). The number of fused-ring (bicyclic) bond motifs is 2. The SMILES string of the molecule is C=C/C=C(\N=C(C)C)c1ccc2cnc(CNC(=O)c3ccc4c(c3)C(C#N)COC4)cc2n1. The summed E-state index contributed by atoms with van der Waals surface area (Å²) >= 11 is 0. The van der Waals surface area contributed by atoms with E-state index in [0.29, 0.717) is 24.5 Å². The number of nitrogens with zero attached hydrogens (tertiary/aromatic N) is 4. The van der Waals surface area contributed by atoms with E-state index in [1.165, 1.54) is 0 Å². The topological polar surface area (TPSA) is 100 Å². The lowest BCUT2D eigenvalue weighted by Gasteiger charge is -2.21. The lowest BCUT2D eigenvalue weighted by Crippen LogP contribution is -2.24. The third-order valence-electron chi connectivity index (χ3n) is 5.42. The van der Waals surface area contributed by atoms with E-state index >= 15 is 0 Å². The van der Waals surface area contributed by atoms with Crippen molar-refractivity contribution < 1.29 is 9.53 Å². The van der Waals surface area contributed by atoms with Gasteiger partial charge in [0.05, 0.1) is 54.3 Å². The standard InChI is InChI=1S/C27H25N5O2/c1-4-5-24(31-17(2)3)25-9-8-19-13-29-22(11-26(19)32-25)14-30-27(33)18-6-7-20-15-34-16-21(12-28)23(20)10-18/h4-11,13,21H,1,14-16H2,2-3H3,(H,30,33)/b24-5-. The van der Waals surface area contributed by atoms with E-state index in [9.17, 15) is 10.1 Å². The molecule has 1 amide bonds. The smallest absolute Gasteiger partial charge is 0.251 e. The Hall–Kier alpha value is -4.15. The van der Waals surface area contributed by atoms with Crippen LogP contribution in [0.5, 0.6) is 0 Å². The zero-order chi connectivity index (χ0) is 24.1. The molecule has 0 saturated carbocycles. The second-order valence-corrected chi connectivity index (χ2v) is 8.20. The summed E-state index contributed by atoms with van der Waals surface area (Å²) in [5.41, 5.74) is 6.16. The summed E-state index contributed by atoms with van der Waals surface area (Å²) in [6, 6.07) is 13.3. The average Bonchev–Trinajstić information content (AvgIpc) is 2.85. The molecule has 34 heavy (non-hydrogen) atoms. The Balaban J connectivity index is 1.53. The minimum atomic E-state index is -0.361. The molecular weight excluding hydrogens is 426 g/mol. The fourth-order valence-corrected chi connectivity index (χ4v) is 3.78. The molecule has 1 aliphatic heterocycles. The van der Waals surface area contributed by atoms with Gasteiger partial charge in [-0.05, 0) is 61.4 Å². The number of hydrogen-bond donors (Lipinski definition) is 1. The van der Waals surface area contributed by atoms with Gasteiger partial charge in [-0.1, -0.05) is 18.7 Å². The van der Waals surface area contributed by atoms with E-state index in [4.69, 9.17) is 9.72 Å². The normalized spacial score (nSPS) is 15.2. The van der Waals surface area contributed by atoms with Gasteiger partial charge in [-0.2, -0.15) is 5.26 Å². The maximum Gasteiger partial charge on any atom is 0.251 e. The highest BCUT2D eigenvalue weighted by Crippen LogP contribution is 2.27. The van der Waals surface area contributed by atoms with Crippen molar-refractivity contribution in [2.75, 3.05) is 6.61 Å². The Labute approximate surface area is 198 Å². The van der Waals surface area contributed by atoms with Crippen LogP contribution in [0.2, 0.25) is 0 Å². The predicted molar refractivity (Wildman–Crippen MR) is 132 cm³/mol. The van der Waals surface area contributed by atoms with Gasteiger partial charge in [0.25, 0.3) is 5.91 Å². The highest BCUT2D eigenvalue weighted by molar-refractivity contribution is 5.94. The number of rotatable bonds is 6. The van der Waals surface area contributed by atoms with Crippen LogP contribution in [0, 0.1) is 11.3 Å². The van der Waals surface area contributed by atoms with Gasteiger partial charge in [-0.3, -0.25) is 14.8 Å². The number of pyridine rings is 2. The summed E-state index contributed by atoms with van der Waals surface area (Å²) in [6.45, 7) is 8.68. The Bertz CT molecular complexity index is 1360. The summed E-state index contributed by atoms with van der Waals surface area (Å²) in [5, 5.41) is 13.2. The summed E-state index contributed by atoms with van der Waals surface area (Å²) in [6.07, 6.45) is 5.26. The molecule has 0 aliphatic carbocycles. The van der Waals surface area contributed by atoms with Crippen molar-refractivity contribution in [3.05, 3.63) is 89.4 Å². The zero-order valence-corrected chi connectivity index (χ0v) is 19.2. The van der Waals surface area contributed by atoms with Gasteiger partial charge in [0, 0.05) is 22.9 Å². The molecule has 1 N–H and O–H groups in total. The number of amides is 1. The van der Waals surface area contributed by atoms with Crippen molar-refractivity contribution in [1.29, 1.82) is 5.26 Å². The number of aromatic nitrogens is 2. The highest BCUT2D eigenvalue weighted by atomic mass is 16.5. The van der Waals surface area contributed by atoms with Crippen LogP contribution in [0.1, 0.15) is 52.6 Å². The summed E-state index contributed by atoms with van der Waals surface area (Å²) in [5.74, 6) is -0.585. The van der Waals surface area contributed by atoms with E-state index in [1.807, 2.05) is 44.2 Å². The number of hydrogen-bond acceptors (Lipinski definition) is 6. The van der Waals surface area contributed by atoms with Gasteiger partial charge in [-0.25, -0.2) is 4.98 Å². The molecule has 7 nitrogen and oxygen atoms in total. The fraction of sp³-hybridized carbons (Fsp3) is 0.222. The molecule has 2 aromatic heterocycles. The first-order valence-electron chi connectivity index (χ1n) is 11.0. The molecule has 1 aromatic carbocycles. The van der Waals surface area contributed by atoms with Crippen LogP contribution in [-0.2, 0) is 17.9 Å². The average molecular weight is 452 g/mol. The van der Waals surface area contributed by atoms with Crippen molar-refractivity contribution in [2.45, 2.75) is 32.9 Å². The van der Waals surface area contributed by atoms with E-state index in [-0.39, 0.29) is 18.4 Å². The van der Waals surface area contributed by atoms with Crippen LogP contribution in [0.3, 0.4) is 0 Å². The number of aliphatic imine (C=N–C) groups is 1. The monoisotopic (exact) mass is 451 g/mol. The maximum atomic E-state index is 12.8. The predicted octanol–water partition coefficient (Wildman–Crippen LogP) is 4.70. The zero-order valence-electron chi connectivity index (χ0n) is 19.2. The Kier molecular flexibility index (Phi) is 6.90. The third kappa shape index (κ3) is 5.08. The van der Waals surface area contributed by atoms with Crippen LogP contribution in [0.4, 0.5) is 0 Å². The number of carbonyl (C=O) groups excluding carboxylic acids is 1. The van der Waals surface area contributed by atoms with Gasteiger partial charge in [0.1, 0.15) is 0 Å². The molecule has 0 fully saturated rings. The highest BCUT2D eigenvalue weighted by Gasteiger charge is 2.22. The minimum Gasteiger partial charge on any atom is -0.375 e. The molecule has 1 aliphatic rings. The van der Waals surface area contributed by atoms with Crippen LogP contribution in [0.15, 0.2) is 66.3 Å². The number of nitriles is 1. The Morgan fingerprint density at radius 3 is 2.94 bits per heavy atom. The molecule has 0 bridgehead atoms. The molecule has 3 heterocycles. The number of nitrogens with one attached hydrogen (secondary N) is 1. The first-order chi connectivity index (χ1) is 16.5. The molecule has 1 atom stereocenters. The summed E-state index contributed by atoms with van der Waals surface area (Å²) in [7, 11) is 0. The lowest BCUT2D eigenvalue weighted by atomic mass is 9.92. The largest absolute Gasteiger partial charge is 0.375 e. The van der Waals surface area contributed by atoms with Crippen molar-refractivity contribution in [1.82, 2.24) is 15.3 Å². The molecule has 0 spiro atoms. The molecule has 1 unspecified atom stereocenters. The van der Waals surface area contributed by atoms with E-state index in [0.717, 1.165) is 39.1 Å². The molecule has 3 aromatic rings. The molecule has 0 saturated heterocycles. The first kappa shape index (κ1) is 23.0. The van der Waals surface area contributed by atoms with Gasteiger partial charge in [0.15, 0.2) is 0 Å². The Morgan fingerprint density at radius 2 is 2.18 bits per heavy atom. The van der Waals surface area contributed by atoms with Crippen molar-refractivity contribution in [3.63, 3.8) is 0 Å². The fourth-order valence-electron chi connectivity index (χ4n) is 3.78. The van der Waals surface area contributed by atoms with Crippen LogP contribution in [-0.4, -0.2) is 28.2 Å². The van der Waals surface area contributed by atoms with Crippen LogP contribution in [0.25, 0.3) is 16.6 Å². The minimum absolute atomic E-state index is 0.224. The number of ether oxygens (including phenoxy) is 1. The number of benzene rings is 1. The number of carbonyl (C=O) groups is 1. The van der Waals surface area contributed by atoms with Gasteiger partial charge < -0.3 is 10.1 Å². The first-order valence-corrected chi connectivity index (χ1v) is 11.0. The van der Waals surface area contributed by atoms with E-state index < -0.39 is 0 Å². The van der Waals surface area contributed by atoms with Crippen molar-refractivity contribution in [2.24, 2.45) is 4.99 Å². The van der Waals surface area contributed by atoms with Crippen LogP contribution < -0.4 is 5.32 Å². The molecule has 170 valence electrons. The summed E-state index contributed by atoms with van der Waals surface area (Å²) in [4.78, 5) is 26.5. The summed E-state index contributed by atoms with van der Waals surface area (Å²) < 4.78 is 5.44. The van der Waals surface area contributed by atoms with Gasteiger partial charge in [0.2, 0.25) is 0 Å². The van der Waals surface area contributed by atoms with Gasteiger partial charge in [-0.15, -0.1) is 0 Å². The third-order valence-corrected chi connectivity index (χ3v) is 5.42. The second kappa shape index (κ2) is 10.2. The maximum absolute atomic E-state index is 12.8. The second-order valence-electron chi connectivity index (χ2n) is 8.20. The van der Waals surface area contributed by atoms with E-state index in [1.54, 1.807) is 24.4 Å². The van der Waals surface area contributed by atoms with Crippen molar-refractivity contribution >= 4 is 28.2 Å². The molecular formula is C27H25N5O2.